The smallest absolute Gasteiger partial charge is 0.302 e. The van der Waals surface area contributed by atoms with Crippen LogP contribution in [-0.2, 0) is 6.54 Å². The summed E-state index contributed by atoms with van der Waals surface area (Å²) in [5.41, 5.74) is -0.576. The first-order chi connectivity index (χ1) is 9.64. The molecule has 6 nitrogen and oxygen atoms in total. The Morgan fingerprint density at radius 3 is 3.15 bits per heavy atom. The fourth-order valence-electron chi connectivity index (χ4n) is 2.67. The zero-order valence-corrected chi connectivity index (χ0v) is 12.8. The molecule has 2 N–H and O–H groups in total. The van der Waals surface area contributed by atoms with Crippen LogP contribution in [0.4, 0.5) is 0 Å². The van der Waals surface area contributed by atoms with E-state index in [0.29, 0.717) is 11.8 Å². The molecule has 2 atom stereocenters. The van der Waals surface area contributed by atoms with Gasteiger partial charge in [0.05, 0.1) is 6.07 Å². The van der Waals surface area contributed by atoms with Gasteiger partial charge in [-0.2, -0.15) is 5.26 Å². The molecule has 0 radical (unpaired) electrons. The SMILES string of the molecule is CCCn1c(SC2CCCC(C#N)(NC)C2)n[nH]c1=O. The lowest BCUT2D eigenvalue weighted by atomic mass is 9.83. The third-order valence-electron chi connectivity index (χ3n) is 3.84. The van der Waals surface area contributed by atoms with Gasteiger partial charge < -0.3 is 5.32 Å². The Morgan fingerprint density at radius 1 is 1.70 bits per heavy atom. The summed E-state index contributed by atoms with van der Waals surface area (Å²) in [5.74, 6) is 0. The number of nitrogens with zero attached hydrogens (tertiary/aromatic N) is 3. The summed E-state index contributed by atoms with van der Waals surface area (Å²) in [4.78, 5) is 11.7. The van der Waals surface area contributed by atoms with Crippen LogP contribution < -0.4 is 11.0 Å². The molecule has 1 aromatic heterocycles. The van der Waals surface area contributed by atoms with Crippen LogP contribution in [0.15, 0.2) is 9.95 Å². The average molecular weight is 295 g/mol. The molecule has 0 amide bonds. The zero-order valence-electron chi connectivity index (χ0n) is 12.0. The van der Waals surface area contributed by atoms with Gasteiger partial charge in [0.15, 0.2) is 5.16 Å². The second kappa shape index (κ2) is 6.46. The minimum absolute atomic E-state index is 0.148. The van der Waals surface area contributed by atoms with Gasteiger partial charge in [0, 0.05) is 11.8 Å². The third-order valence-corrected chi connectivity index (χ3v) is 5.10. The van der Waals surface area contributed by atoms with E-state index in [2.05, 4.69) is 21.6 Å². The number of aromatic nitrogens is 3. The van der Waals surface area contributed by atoms with Crippen molar-refractivity contribution in [3.8, 4) is 6.07 Å². The predicted octanol–water partition coefficient (Wildman–Crippen LogP) is 1.50. The van der Waals surface area contributed by atoms with E-state index >= 15 is 0 Å². The quantitative estimate of drug-likeness (QED) is 0.859. The fourth-order valence-corrected chi connectivity index (χ4v) is 4.02. The van der Waals surface area contributed by atoms with Crippen molar-refractivity contribution in [3.05, 3.63) is 10.5 Å². The first-order valence-electron chi connectivity index (χ1n) is 7.06. The van der Waals surface area contributed by atoms with Crippen molar-refractivity contribution < 1.29 is 0 Å². The van der Waals surface area contributed by atoms with Gasteiger partial charge in [0.2, 0.25) is 0 Å². The number of aromatic amines is 1. The first-order valence-corrected chi connectivity index (χ1v) is 7.94. The Balaban J connectivity index is 2.11. The maximum atomic E-state index is 11.7. The number of rotatable bonds is 5. The van der Waals surface area contributed by atoms with Gasteiger partial charge in [-0.1, -0.05) is 18.7 Å². The molecule has 0 saturated heterocycles. The van der Waals surface area contributed by atoms with E-state index in [-0.39, 0.29) is 5.69 Å². The summed E-state index contributed by atoms with van der Waals surface area (Å²) >= 11 is 1.61. The summed E-state index contributed by atoms with van der Waals surface area (Å²) in [5, 5.41) is 20.2. The minimum atomic E-state index is -0.428. The summed E-state index contributed by atoms with van der Waals surface area (Å²) in [6, 6.07) is 2.41. The lowest BCUT2D eigenvalue weighted by Crippen LogP contribution is -2.46. The molecule has 1 saturated carbocycles. The number of nitriles is 1. The highest BCUT2D eigenvalue weighted by molar-refractivity contribution is 7.99. The Kier molecular flexibility index (Phi) is 4.89. The molecule has 1 aliphatic carbocycles. The number of thioether (sulfide) groups is 1. The third kappa shape index (κ3) is 3.07. The number of H-pyrrole nitrogens is 1. The molecule has 0 aromatic carbocycles. The Hall–Kier alpha value is -1.26. The van der Waals surface area contributed by atoms with Gasteiger partial charge in [-0.3, -0.25) is 4.57 Å². The highest BCUT2D eigenvalue weighted by Crippen LogP contribution is 2.37. The van der Waals surface area contributed by atoms with E-state index in [1.165, 1.54) is 0 Å². The lowest BCUT2D eigenvalue weighted by Gasteiger charge is -2.34. The average Bonchev–Trinajstić information content (AvgIpc) is 2.81. The van der Waals surface area contributed by atoms with Gasteiger partial charge in [-0.15, -0.1) is 5.10 Å². The van der Waals surface area contributed by atoms with Crippen LogP contribution in [0.2, 0.25) is 0 Å². The highest BCUT2D eigenvalue weighted by atomic mass is 32.2. The normalized spacial score (nSPS) is 26.4. The Labute approximate surface area is 122 Å². The molecule has 0 bridgehead atoms. The van der Waals surface area contributed by atoms with Gasteiger partial charge in [0.25, 0.3) is 0 Å². The second-order valence-corrected chi connectivity index (χ2v) is 6.51. The van der Waals surface area contributed by atoms with E-state index < -0.39 is 5.54 Å². The summed E-state index contributed by atoms with van der Waals surface area (Å²) < 4.78 is 1.69. The summed E-state index contributed by atoms with van der Waals surface area (Å²) in [6.45, 7) is 2.72. The van der Waals surface area contributed by atoms with E-state index in [0.717, 1.165) is 37.3 Å². The Morgan fingerprint density at radius 2 is 2.50 bits per heavy atom. The van der Waals surface area contributed by atoms with Crippen molar-refractivity contribution in [1.29, 1.82) is 5.26 Å². The molecule has 110 valence electrons. The van der Waals surface area contributed by atoms with E-state index in [1.54, 1.807) is 16.3 Å². The van der Waals surface area contributed by atoms with Crippen LogP contribution in [0.3, 0.4) is 0 Å². The minimum Gasteiger partial charge on any atom is -0.302 e. The largest absolute Gasteiger partial charge is 0.343 e. The van der Waals surface area contributed by atoms with E-state index in [1.807, 2.05) is 14.0 Å². The molecule has 0 aliphatic heterocycles. The molecule has 0 spiro atoms. The maximum absolute atomic E-state index is 11.7. The van der Waals surface area contributed by atoms with Crippen LogP contribution in [-0.4, -0.2) is 32.6 Å². The molecule has 1 aromatic rings. The zero-order chi connectivity index (χ0) is 14.6. The number of hydrogen-bond acceptors (Lipinski definition) is 5. The van der Waals surface area contributed by atoms with Gasteiger partial charge in [-0.05, 0) is 39.2 Å². The topological polar surface area (TPSA) is 86.5 Å². The van der Waals surface area contributed by atoms with Crippen LogP contribution in [0.25, 0.3) is 0 Å². The van der Waals surface area contributed by atoms with Gasteiger partial charge >= 0.3 is 5.69 Å². The van der Waals surface area contributed by atoms with Crippen LogP contribution in [0.1, 0.15) is 39.0 Å². The molecule has 7 heteroatoms. The maximum Gasteiger partial charge on any atom is 0.343 e. The Bertz CT molecular complexity index is 546. The number of nitrogens with one attached hydrogen (secondary N) is 2. The van der Waals surface area contributed by atoms with Crippen molar-refractivity contribution in [2.24, 2.45) is 0 Å². The van der Waals surface area contributed by atoms with Crippen LogP contribution in [0, 0.1) is 11.3 Å². The molecule has 1 heterocycles. The van der Waals surface area contributed by atoms with Crippen molar-refractivity contribution in [2.45, 2.75) is 61.5 Å². The van der Waals surface area contributed by atoms with Crippen LogP contribution in [0.5, 0.6) is 0 Å². The van der Waals surface area contributed by atoms with Crippen molar-refractivity contribution >= 4 is 11.8 Å². The summed E-state index contributed by atoms with van der Waals surface area (Å²) in [6.07, 6.45) is 4.66. The van der Waals surface area contributed by atoms with Crippen molar-refractivity contribution in [1.82, 2.24) is 20.1 Å². The van der Waals surface area contributed by atoms with E-state index in [9.17, 15) is 10.1 Å². The molecule has 2 rings (SSSR count). The molecular weight excluding hydrogens is 274 g/mol. The summed E-state index contributed by atoms with van der Waals surface area (Å²) in [7, 11) is 1.85. The predicted molar refractivity (Wildman–Crippen MR) is 78.7 cm³/mol. The van der Waals surface area contributed by atoms with Gasteiger partial charge in [-0.25, -0.2) is 9.89 Å². The van der Waals surface area contributed by atoms with Crippen molar-refractivity contribution in [3.63, 3.8) is 0 Å². The molecular formula is C13H21N5OS. The monoisotopic (exact) mass is 295 g/mol. The van der Waals surface area contributed by atoms with Crippen LogP contribution >= 0.6 is 11.8 Å². The van der Waals surface area contributed by atoms with Gasteiger partial charge in [0.1, 0.15) is 5.54 Å². The van der Waals surface area contributed by atoms with Crippen molar-refractivity contribution in [2.75, 3.05) is 7.05 Å². The molecule has 20 heavy (non-hydrogen) atoms. The highest BCUT2D eigenvalue weighted by Gasteiger charge is 2.36. The lowest BCUT2D eigenvalue weighted by molar-refractivity contribution is 0.323. The number of hydrogen-bond donors (Lipinski definition) is 2. The molecule has 1 aliphatic rings. The molecule has 1 fully saturated rings. The second-order valence-electron chi connectivity index (χ2n) is 5.24. The fraction of sp³-hybridized carbons (Fsp3) is 0.769. The standard InChI is InChI=1S/C13H21N5OS/c1-3-7-18-11(19)16-17-12(18)20-10-5-4-6-13(8-10,9-14)15-2/h10,15H,3-8H2,1-2H3,(H,16,19). The molecule has 2 unspecified atom stereocenters. The first kappa shape index (κ1) is 15.1. The van der Waals surface area contributed by atoms with E-state index in [4.69, 9.17) is 0 Å².